The number of halogens is 1. The molecule has 0 radical (unpaired) electrons. The summed E-state index contributed by atoms with van der Waals surface area (Å²) >= 11 is 0. The van der Waals surface area contributed by atoms with Gasteiger partial charge in [-0.05, 0) is 25.5 Å². The van der Waals surface area contributed by atoms with Crippen molar-refractivity contribution in [2.75, 3.05) is 6.67 Å². The minimum Gasteiger partial charge on any atom is -0.480 e. The summed E-state index contributed by atoms with van der Waals surface area (Å²) in [7, 11) is 0. The van der Waals surface area contributed by atoms with Crippen LogP contribution in [0.5, 0.6) is 0 Å². The van der Waals surface area contributed by atoms with Crippen molar-refractivity contribution in [3.63, 3.8) is 0 Å². The molecule has 0 spiro atoms. The lowest BCUT2D eigenvalue weighted by Crippen LogP contribution is -2.42. The highest BCUT2D eigenvalue weighted by atomic mass is 19.1. The summed E-state index contributed by atoms with van der Waals surface area (Å²) in [4.78, 5) is 25.9. The molecule has 106 valence electrons. The van der Waals surface area contributed by atoms with Gasteiger partial charge in [-0.15, -0.1) is 0 Å². The lowest BCUT2D eigenvalue weighted by atomic mass is 10.1. The van der Waals surface area contributed by atoms with E-state index in [9.17, 15) is 14.0 Å². The van der Waals surface area contributed by atoms with Crippen molar-refractivity contribution < 1.29 is 19.1 Å². The summed E-state index contributed by atoms with van der Waals surface area (Å²) in [5.41, 5.74) is 2.89. The Bertz CT molecular complexity index is 678. The largest absolute Gasteiger partial charge is 0.480 e. The zero-order chi connectivity index (χ0) is 14.9. The number of H-pyrrole nitrogens is 1. The number of aliphatic carboxylic acids is 1. The molecule has 0 fully saturated rings. The van der Waals surface area contributed by atoms with E-state index in [-0.39, 0.29) is 0 Å². The maximum absolute atomic E-state index is 12.6. The van der Waals surface area contributed by atoms with Crippen LogP contribution in [0.4, 0.5) is 4.39 Å². The van der Waals surface area contributed by atoms with E-state index in [4.69, 9.17) is 5.11 Å². The van der Waals surface area contributed by atoms with Crippen LogP contribution in [0.1, 0.15) is 21.6 Å². The van der Waals surface area contributed by atoms with Gasteiger partial charge in [0.1, 0.15) is 6.67 Å². The standard InChI is InChI=1S/C14H15FN2O3/c1-7-8(2)16-12-9(7)4-3-5-10(12)13(18)17-11(6-15)14(19)20/h3-5,11,16H,6H2,1-2H3,(H,17,18)(H,19,20). The van der Waals surface area contributed by atoms with Gasteiger partial charge in [-0.2, -0.15) is 0 Å². The minimum absolute atomic E-state index is 0.304. The second-order valence-electron chi connectivity index (χ2n) is 4.62. The number of carboxylic acid groups (broad SMARTS) is 1. The Kier molecular flexibility index (Phi) is 3.74. The first-order valence-corrected chi connectivity index (χ1v) is 6.13. The highest BCUT2D eigenvalue weighted by Gasteiger charge is 2.22. The highest BCUT2D eigenvalue weighted by Crippen LogP contribution is 2.24. The first-order chi connectivity index (χ1) is 9.45. The van der Waals surface area contributed by atoms with Gasteiger partial charge in [0.05, 0.1) is 11.1 Å². The Labute approximate surface area is 114 Å². The van der Waals surface area contributed by atoms with E-state index < -0.39 is 24.6 Å². The van der Waals surface area contributed by atoms with Crippen LogP contribution in [0.25, 0.3) is 10.9 Å². The van der Waals surface area contributed by atoms with E-state index in [1.807, 2.05) is 19.9 Å². The van der Waals surface area contributed by atoms with E-state index in [0.29, 0.717) is 11.1 Å². The summed E-state index contributed by atoms with van der Waals surface area (Å²) in [6.45, 7) is 2.66. The molecule has 5 nitrogen and oxygen atoms in total. The van der Waals surface area contributed by atoms with E-state index >= 15 is 0 Å². The van der Waals surface area contributed by atoms with Crippen molar-refractivity contribution in [1.29, 1.82) is 0 Å². The van der Waals surface area contributed by atoms with Crippen LogP contribution < -0.4 is 5.32 Å². The van der Waals surface area contributed by atoms with Gasteiger partial charge in [0, 0.05) is 11.1 Å². The number of aromatic amines is 1. The number of carboxylic acids is 1. The second kappa shape index (κ2) is 5.32. The number of para-hydroxylation sites is 1. The molecule has 1 heterocycles. The van der Waals surface area contributed by atoms with Gasteiger partial charge in [0.15, 0.2) is 6.04 Å². The number of carbonyl (C=O) groups excluding carboxylic acids is 1. The van der Waals surface area contributed by atoms with E-state index in [1.165, 1.54) is 0 Å². The molecule has 0 aliphatic heterocycles. The fourth-order valence-corrected chi connectivity index (χ4v) is 2.07. The maximum atomic E-state index is 12.6. The predicted octanol–water partition coefficient (Wildman–Crippen LogP) is 1.94. The number of aromatic nitrogens is 1. The number of hydrogen-bond acceptors (Lipinski definition) is 2. The van der Waals surface area contributed by atoms with Gasteiger partial charge >= 0.3 is 5.97 Å². The fraction of sp³-hybridized carbons (Fsp3) is 0.286. The molecule has 0 bridgehead atoms. The molecule has 1 unspecified atom stereocenters. The number of amides is 1. The zero-order valence-corrected chi connectivity index (χ0v) is 11.2. The topological polar surface area (TPSA) is 82.2 Å². The maximum Gasteiger partial charge on any atom is 0.328 e. The molecule has 0 saturated heterocycles. The number of nitrogens with one attached hydrogen (secondary N) is 2. The Morgan fingerprint density at radius 2 is 2.10 bits per heavy atom. The normalized spacial score (nSPS) is 12.3. The number of rotatable bonds is 4. The third-order valence-electron chi connectivity index (χ3n) is 3.35. The van der Waals surface area contributed by atoms with Crippen LogP contribution in [0.2, 0.25) is 0 Å². The van der Waals surface area contributed by atoms with E-state index in [2.05, 4.69) is 10.3 Å². The average molecular weight is 278 g/mol. The Morgan fingerprint density at radius 3 is 2.70 bits per heavy atom. The second-order valence-corrected chi connectivity index (χ2v) is 4.62. The molecule has 1 amide bonds. The molecular weight excluding hydrogens is 263 g/mol. The first-order valence-electron chi connectivity index (χ1n) is 6.13. The number of alkyl halides is 1. The first kappa shape index (κ1) is 14.0. The number of aryl methyl sites for hydroxylation is 2. The van der Waals surface area contributed by atoms with Crippen LogP contribution in [-0.4, -0.2) is 34.7 Å². The Morgan fingerprint density at radius 1 is 1.40 bits per heavy atom. The molecule has 1 aromatic carbocycles. The van der Waals surface area contributed by atoms with Gasteiger partial charge in [-0.25, -0.2) is 9.18 Å². The average Bonchev–Trinajstić information content (AvgIpc) is 2.71. The fourth-order valence-electron chi connectivity index (χ4n) is 2.07. The number of benzene rings is 1. The minimum atomic E-state index is -1.53. The number of fused-ring (bicyclic) bond motifs is 1. The van der Waals surface area contributed by atoms with Gasteiger partial charge in [-0.3, -0.25) is 4.79 Å². The lowest BCUT2D eigenvalue weighted by molar-refractivity contribution is -0.139. The summed E-state index contributed by atoms with van der Waals surface area (Å²) < 4.78 is 12.6. The quantitative estimate of drug-likeness (QED) is 0.799. The van der Waals surface area contributed by atoms with Crippen LogP contribution in [0.15, 0.2) is 18.2 Å². The van der Waals surface area contributed by atoms with Gasteiger partial charge in [0.25, 0.3) is 5.91 Å². The molecule has 0 aliphatic carbocycles. The van der Waals surface area contributed by atoms with E-state index in [0.717, 1.165) is 16.6 Å². The summed E-state index contributed by atoms with van der Waals surface area (Å²) in [5, 5.41) is 11.8. The molecule has 1 aromatic heterocycles. The van der Waals surface area contributed by atoms with E-state index in [1.54, 1.807) is 12.1 Å². The molecule has 2 rings (SSSR count). The molecule has 2 aromatic rings. The molecule has 0 saturated carbocycles. The zero-order valence-electron chi connectivity index (χ0n) is 11.2. The number of carbonyl (C=O) groups is 2. The van der Waals surface area contributed by atoms with Crippen molar-refractivity contribution in [2.24, 2.45) is 0 Å². The van der Waals surface area contributed by atoms with Gasteiger partial charge in [0.2, 0.25) is 0 Å². The molecule has 3 N–H and O–H groups in total. The van der Waals surface area contributed by atoms with Crippen LogP contribution >= 0.6 is 0 Å². The van der Waals surface area contributed by atoms with Gasteiger partial charge in [-0.1, -0.05) is 12.1 Å². The van der Waals surface area contributed by atoms with Crippen molar-refractivity contribution in [2.45, 2.75) is 19.9 Å². The summed E-state index contributed by atoms with van der Waals surface area (Å²) in [6, 6.07) is 3.62. The SMILES string of the molecule is Cc1[nH]c2c(C(=O)NC(CF)C(=O)O)cccc2c1C. The van der Waals surface area contributed by atoms with Crippen molar-refractivity contribution in [3.8, 4) is 0 Å². The highest BCUT2D eigenvalue weighted by molar-refractivity contribution is 6.07. The molecular formula is C14H15FN2O3. The molecule has 0 aliphatic rings. The third-order valence-corrected chi connectivity index (χ3v) is 3.35. The van der Waals surface area contributed by atoms with Crippen LogP contribution in [0.3, 0.4) is 0 Å². The Balaban J connectivity index is 2.40. The lowest BCUT2D eigenvalue weighted by Gasteiger charge is -2.11. The summed E-state index contributed by atoms with van der Waals surface area (Å²) in [6.07, 6.45) is 0. The van der Waals surface area contributed by atoms with Crippen LogP contribution in [-0.2, 0) is 4.79 Å². The number of hydrogen-bond donors (Lipinski definition) is 3. The van der Waals surface area contributed by atoms with Gasteiger partial charge < -0.3 is 15.4 Å². The van der Waals surface area contributed by atoms with Crippen molar-refractivity contribution in [3.05, 3.63) is 35.0 Å². The smallest absolute Gasteiger partial charge is 0.328 e. The van der Waals surface area contributed by atoms with Crippen molar-refractivity contribution in [1.82, 2.24) is 10.3 Å². The summed E-state index contributed by atoms with van der Waals surface area (Å²) in [5.74, 6) is -2.01. The predicted molar refractivity (Wildman–Crippen MR) is 72.6 cm³/mol. The third kappa shape index (κ3) is 2.36. The molecule has 6 heteroatoms. The van der Waals surface area contributed by atoms with Crippen molar-refractivity contribution >= 4 is 22.8 Å². The molecule has 20 heavy (non-hydrogen) atoms. The Hall–Kier alpha value is -2.37. The molecule has 1 atom stereocenters. The van der Waals surface area contributed by atoms with Crippen LogP contribution in [0, 0.1) is 13.8 Å². The monoisotopic (exact) mass is 278 g/mol.